The number of likely N-dealkylation sites (N-methyl/N-ethyl adjacent to an activating group) is 2. The molecule has 0 aromatic carbocycles. The molecule has 1 unspecified atom stereocenters. The van der Waals surface area contributed by atoms with E-state index in [1.807, 2.05) is 6.92 Å². The Balaban J connectivity index is 2.14. The average Bonchev–Trinajstić information content (AvgIpc) is 2.84. The Hall–Kier alpha value is -0.650. The molecular weight excluding hydrogens is 230 g/mol. The molecule has 1 aliphatic rings. The van der Waals surface area contributed by atoms with Gasteiger partial charge in [0.1, 0.15) is 6.04 Å². The maximum atomic E-state index is 11.0. The highest BCUT2D eigenvalue weighted by molar-refractivity contribution is 5.73. The van der Waals surface area contributed by atoms with Crippen LogP contribution in [0.1, 0.15) is 26.2 Å². The molecule has 1 saturated heterocycles. The van der Waals surface area contributed by atoms with Gasteiger partial charge in [0.15, 0.2) is 0 Å². The number of rotatable bonds is 9. The molecule has 1 aliphatic heterocycles. The third kappa shape index (κ3) is 5.80. The first kappa shape index (κ1) is 15.4. The molecule has 1 atom stereocenters. The predicted molar refractivity (Wildman–Crippen MR) is 72.9 cm³/mol. The van der Waals surface area contributed by atoms with Crippen molar-refractivity contribution >= 4 is 5.97 Å². The van der Waals surface area contributed by atoms with Crippen molar-refractivity contribution in [2.24, 2.45) is 0 Å². The van der Waals surface area contributed by atoms with Gasteiger partial charge in [0.25, 0.3) is 0 Å². The lowest BCUT2D eigenvalue weighted by molar-refractivity contribution is -0.139. The molecule has 18 heavy (non-hydrogen) atoms. The highest BCUT2D eigenvalue weighted by atomic mass is 16.4. The third-order valence-corrected chi connectivity index (χ3v) is 3.54. The second-order valence-corrected chi connectivity index (χ2v) is 5.09. The number of likely N-dealkylation sites (tertiary alicyclic amines) is 1. The van der Waals surface area contributed by atoms with Crippen LogP contribution in [0.15, 0.2) is 0 Å². The SMILES string of the molecule is CCNC(CCN(C)CCN1CCCC1)C(=O)O. The normalized spacial score (nSPS) is 18.4. The fourth-order valence-electron chi connectivity index (χ4n) is 2.34. The molecule has 0 radical (unpaired) electrons. The Labute approximate surface area is 110 Å². The topological polar surface area (TPSA) is 55.8 Å². The number of aliphatic carboxylic acids is 1. The zero-order valence-corrected chi connectivity index (χ0v) is 11.7. The fourth-order valence-corrected chi connectivity index (χ4v) is 2.34. The van der Waals surface area contributed by atoms with E-state index in [1.54, 1.807) is 0 Å². The van der Waals surface area contributed by atoms with Crippen molar-refractivity contribution in [3.05, 3.63) is 0 Å². The number of nitrogens with zero attached hydrogens (tertiary/aromatic N) is 2. The van der Waals surface area contributed by atoms with Gasteiger partial charge in [-0.15, -0.1) is 0 Å². The van der Waals surface area contributed by atoms with Gasteiger partial charge in [0.05, 0.1) is 0 Å². The van der Waals surface area contributed by atoms with E-state index in [1.165, 1.54) is 25.9 Å². The van der Waals surface area contributed by atoms with E-state index >= 15 is 0 Å². The molecule has 0 spiro atoms. The van der Waals surface area contributed by atoms with E-state index in [0.29, 0.717) is 13.0 Å². The zero-order chi connectivity index (χ0) is 13.4. The second kappa shape index (κ2) is 8.45. The molecule has 5 nitrogen and oxygen atoms in total. The second-order valence-electron chi connectivity index (χ2n) is 5.09. The van der Waals surface area contributed by atoms with E-state index < -0.39 is 12.0 Å². The highest BCUT2D eigenvalue weighted by Crippen LogP contribution is 2.06. The Bertz CT molecular complexity index is 242. The van der Waals surface area contributed by atoms with Gasteiger partial charge in [-0.05, 0) is 52.5 Å². The lowest BCUT2D eigenvalue weighted by atomic mass is 10.2. The number of carboxylic acid groups (broad SMARTS) is 1. The van der Waals surface area contributed by atoms with Crippen LogP contribution < -0.4 is 5.32 Å². The Kier molecular flexibility index (Phi) is 7.23. The number of carboxylic acids is 1. The van der Waals surface area contributed by atoms with Gasteiger partial charge in [-0.25, -0.2) is 0 Å². The van der Waals surface area contributed by atoms with Crippen molar-refractivity contribution in [3.63, 3.8) is 0 Å². The molecule has 0 bridgehead atoms. The van der Waals surface area contributed by atoms with Gasteiger partial charge in [-0.3, -0.25) is 4.79 Å². The standard InChI is InChI=1S/C13H27N3O2/c1-3-14-12(13(17)18)6-9-15(2)10-11-16-7-4-5-8-16/h12,14H,3-11H2,1-2H3,(H,17,18). The fraction of sp³-hybridized carbons (Fsp3) is 0.923. The van der Waals surface area contributed by atoms with E-state index in [2.05, 4.69) is 22.2 Å². The molecule has 1 fully saturated rings. The molecule has 5 heteroatoms. The monoisotopic (exact) mass is 257 g/mol. The molecule has 1 rings (SSSR count). The smallest absolute Gasteiger partial charge is 0.320 e. The first-order valence-corrected chi connectivity index (χ1v) is 7.00. The van der Waals surface area contributed by atoms with Gasteiger partial charge in [-0.2, -0.15) is 0 Å². The van der Waals surface area contributed by atoms with Gasteiger partial charge in [0.2, 0.25) is 0 Å². The summed E-state index contributed by atoms with van der Waals surface area (Å²) in [6.07, 6.45) is 3.32. The largest absolute Gasteiger partial charge is 0.480 e. The van der Waals surface area contributed by atoms with Crippen LogP contribution in [0.3, 0.4) is 0 Å². The summed E-state index contributed by atoms with van der Waals surface area (Å²) < 4.78 is 0. The summed E-state index contributed by atoms with van der Waals surface area (Å²) in [6, 6.07) is -0.413. The maximum absolute atomic E-state index is 11.0. The minimum atomic E-state index is -0.746. The summed E-state index contributed by atoms with van der Waals surface area (Å²) in [6.45, 7) is 8.05. The van der Waals surface area contributed by atoms with Crippen molar-refractivity contribution in [2.75, 3.05) is 46.3 Å². The van der Waals surface area contributed by atoms with Crippen molar-refractivity contribution in [1.82, 2.24) is 15.1 Å². The van der Waals surface area contributed by atoms with E-state index in [-0.39, 0.29) is 0 Å². The Morgan fingerprint density at radius 2 is 2.06 bits per heavy atom. The molecule has 0 amide bonds. The summed E-state index contributed by atoms with van der Waals surface area (Å²) in [5.74, 6) is -0.746. The molecule has 0 aromatic rings. The predicted octanol–water partition coefficient (Wildman–Crippen LogP) is 0.467. The van der Waals surface area contributed by atoms with E-state index in [4.69, 9.17) is 5.11 Å². The van der Waals surface area contributed by atoms with Crippen molar-refractivity contribution in [2.45, 2.75) is 32.2 Å². The van der Waals surface area contributed by atoms with Gasteiger partial charge < -0.3 is 20.2 Å². The molecule has 106 valence electrons. The number of carbonyl (C=O) groups is 1. The van der Waals surface area contributed by atoms with Gasteiger partial charge in [0, 0.05) is 13.1 Å². The molecule has 1 heterocycles. The van der Waals surface area contributed by atoms with Gasteiger partial charge in [-0.1, -0.05) is 6.92 Å². The van der Waals surface area contributed by atoms with Crippen LogP contribution in [-0.4, -0.2) is 73.2 Å². The van der Waals surface area contributed by atoms with E-state index in [0.717, 1.165) is 19.6 Å². The van der Waals surface area contributed by atoms with E-state index in [9.17, 15) is 4.79 Å². The number of hydrogen-bond acceptors (Lipinski definition) is 4. The Morgan fingerprint density at radius 1 is 1.39 bits per heavy atom. The van der Waals surface area contributed by atoms with Crippen LogP contribution in [0.5, 0.6) is 0 Å². The molecule has 0 aromatic heterocycles. The van der Waals surface area contributed by atoms with Crippen molar-refractivity contribution in [3.8, 4) is 0 Å². The minimum absolute atomic E-state index is 0.413. The first-order chi connectivity index (χ1) is 8.63. The quantitative estimate of drug-likeness (QED) is 0.629. The first-order valence-electron chi connectivity index (χ1n) is 7.00. The number of hydrogen-bond donors (Lipinski definition) is 2. The van der Waals surface area contributed by atoms with Crippen LogP contribution in [0.2, 0.25) is 0 Å². The molecular formula is C13H27N3O2. The summed E-state index contributed by atoms with van der Waals surface area (Å²) in [5, 5.41) is 12.0. The summed E-state index contributed by atoms with van der Waals surface area (Å²) in [4.78, 5) is 15.7. The van der Waals surface area contributed by atoms with Crippen molar-refractivity contribution in [1.29, 1.82) is 0 Å². The van der Waals surface area contributed by atoms with Crippen LogP contribution in [0.4, 0.5) is 0 Å². The van der Waals surface area contributed by atoms with Crippen LogP contribution >= 0.6 is 0 Å². The highest BCUT2D eigenvalue weighted by Gasteiger charge is 2.17. The number of nitrogens with one attached hydrogen (secondary N) is 1. The molecule has 0 saturated carbocycles. The minimum Gasteiger partial charge on any atom is -0.480 e. The zero-order valence-electron chi connectivity index (χ0n) is 11.7. The summed E-state index contributed by atoms with van der Waals surface area (Å²) >= 11 is 0. The lowest BCUT2D eigenvalue weighted by Crippen LogP contribution is -2.40. The molecule has 0 aliphatic carbocycles. The van der Waals surface area contributed by atoms with Crippen LogP contribution in [-0.2, 0) is 4.79 Å². The maximum Gasteiger partial charge on any atom is 0.320 e. The lowest BCUT2D eigenvalue weighted by Gasteiger charge is -2.22. The van der Waals surface area contributed by atoms with Gasteiger partial charge >= 0.3 is 5.97 Å². The average molecular weight is 257 g/mol. The van der Waals surface area contributed by atoms with Crippen molar-refractivity contribution < 1.29 is 9.90 Å². The summed E-state index contributed by atoms with van der Waals surface area (Å²) in [5.41, 5.74) is 0. The van der Waals surface area contributed by atoms with Crippen LogP contribution in [0.25, 0.3) is 0 Å². The Morgan fingerprint density at radius 3 is 2.61 bits per heavy atom. The summed E-state index contributed by atoms with van der Waals surface area (Å²) in [7, 11) is 2.07. The molecule has 2 N–H and O–H groups in total. The third-order valence-electron chi connectivity index (χ3n) is 3.54. The van der Waals surface area contributed by atoms with Crippen LogP contribution in [0, 0.1) is 0 Å².